The number of hydrogen-bond donors (Lipinski definition) is 4. The van der Waals surface area contributed by atoms with E-state index in [1.54, 1.807) is 6.20 Å². The van der Waals surface area contributed by atoms with Crippen molar-refractivity contribution in [1.82, 2.24) is 35.8 Å². The van der Waals surface area contributed by atoms with Crippen LogP contribution in [0.25, 0.3) is 33.5 Å². The molecule has 0 aliphatic heterocycles. The maximum absolute atomic E-state index is 13.0. The third kappa shape index (κ3) is 4.40. The summed E-state index contributed by atoms with van der Waals surface area (Å²) in [5, 5.41) is 15.1. The van der Waals surface area contributed by atoms with Crippen molar-refractivity contribution in [2.75, 3.05) is 6.54 Å². The third-order valence-corrected chi connectivity index (χ3v) is 7.19. The summed E-state index contributed by atoms with van der Waals surface area (Å²) in [4.78, 5) is 25.1. The molecule has 1 aliphatic rings. The number of hydrogen-bond acceptors (Lipinski definition) is 5. The van der Waals surface area contributed by atoms with Crippen LogP contribution in [0.1, 0.15) is 39.7 Å². The number of imidazole rings is 1. The molecule has 3 aromatic heterocycles. The molecule has 0 unspecified atom stereocenters. The van der Waals surface area contributed by atoms with Crippen molar-refractivity contribution in [1.29, 1.82) is 0 Å². The molecule has 8 nitrogen and oxygen atoms in total. The zero-order valence-electron chi connectivity index (χ0n) is 20.9. The minimum atomic E-state index is -0.156. The lowest BCUT2D eigenvalue weighted by Crippen LogP contribution is -2.35. The molecule has 0 spiro atoms. The normalized spacial score (nSPS) is 13.2. The van der Waals surface area contributed by atoms with Crippen molar-refractivity contribution in [3.05, 3.63) is 89.0 Å². The Morgan fingerprint density at radius 3 is 2.68 bits per heavy atom. The van der Waals surface area contributed by atoms with Crippen molar-refractivity contribution in [3.8, 4) is 22.6 Å². The van der Waals surface area contributed by atoms with Crippen LogP contribution in [0.3, 0.4) is 0 Å². The number of aromatic amines is 2. The molecule has 0 atom stereocenters. The number of nitrogens with zero attached hydrogens (tertiary/aromatic N) is 3. The van der Waals surface area contributed by atoms with E-state index in [9.17, 15) is 4.79 Å². The Morgan fingerprint density at radius 2 is 1.89 bits per heavy atom. The molecule has 0 radical (unpaired) electrons. The first kappa shape index (κ1) is 23.1. The topological polar surface area (TPSA) is 111 Å². The van der Waals surface area contributed by atoms with Crippen molar-refractivity contribution in [2.45, 2.75) is 39.3 Å². The van der Waals surface area contributed by atoms with Gasteiger partial charge in [-0.3, -0.25) is 14.9 Å². The number of carbonyl (C=O) groups excluding carboxylic acids is 1. The number of aromatic nitrogens is 5. The van der Waals surface area contributed by atoms with Crippen LogP contribution in [-0.4, -0.2) is 43.6 Å². The smallest absolute Gasteiger partial charge is 0.269 e. The Morgan fingerprint density at radius 1 is 1.08 bits per heavy atom. The van der Waals surface area contributed by atoms with Crippen LogP contribution in [0, 0.1) is 6.92 Å². The zero-order chi connectivity index (χ0) is 25.4. The highest BCUT2D eigenvalue weighted by molar-refractivity contribution is 5.96. The van der Waals surface area contributed by atoms with Crippen molar-refractivity contribution in [2.24, 2.45) is 0 Å². The highest BCUT2D eigenvalue weighted by atomic mass is 16.2. The number of nitrogens with one attached hydrogen (secondary N) is 4. The van der Waals surface area contributed by atoms with Crippen molar-refractivity contribution < 1.29 is 4.79 Å². The van der Waals surface area contributed by atoms with Crippen LogP contribution >= 0.6 is 0 Å². The molecule has 2 aromatic carbocycles. The molecule has 186 valence electrons. The van der Waals surface area contributed by atoms with Gasteiger partial charge in [0.2, 0.25) is 0 Å². The Balaban J connectivity index is 1.25. The van der Waals surface area contributed by atoms with Crippen LogP contribution in [0.4, 0.5) is 0 Å². The van der Waals surface area contributed by atoms with Gasteiger partial charge in [-0.2, -0.15) is 5.10 Å². The maximum Gasteiger partial charge on any atom is 0.269 e. The number of fused-ring (bicyclic) bond motifs is 2. The summed E-state index contributed by atoms with van der Waals surface area (Å²) >= 11 is 0. The van der Waals surface area contributed by atoms with Crippen LogP contribution in [0.5, 0.6) is 0 Å². The SMILES string of the molecule is CCNCc1cncc(-c2ccc3[nH]nc(-c4ncc(C(=O)NC5Cc6ccccc6C5)[nH]4)c3c2)c1C. The first-order chi connectivity index (χ1) is 18.1. The Bertz CT molecular complexity index is 1570. The van der Waals surface area contributed by atoms with Gasteiger partial charge in [0.1, 0.15) is 11.4 Å². The van der Waals surface area contributed by atoms with E-state index >= 15 is 0 Å². The first-order valence-corrected chi connectivity index (χ1v) is 12.7. The van der Waals surface area contributed by atoms with Gasteiger partial charge in [-0.15, -0.1) is 0 Å². The number of rotatable bonds is 7. The van der Waals surface area contributed by atoms with Gasteiger partial charge in [-0.25, -0.2) is 4.98 Å². The van der Waals surface area contributed by atoms with E-state index in [0.29, 0.717) is 17.2 Å². The Kier molecular flexibility index (Phi) is 6.02. The fraction of sp³-hybridized carbons (Fsp3) is 0.241. The van der Waals surface area contributed by atoms with Gasteiger partial charge in [0.15, 0.2) is 5.82 Å². The molecule has 1 amide bonds. The van der Waals surface area contributed by atoms with Gasteiger partial charge in [0, 0.05) is 35.9 Å². The minimum Gasteiger partial charge on any atom is -0.347 e. The molecule has 0 saturated carbocycles. The Labute approximate surface area is 215 Å². The van der Waals surface area contributed by atoms with Gasteiger partial charge in [0.25, 0.3) is 5.91 Å². The van der Waals surface area contributed by atoms with Gasteiger partial charge in [-0.05, 0) is 66.3 Å². The molecule has 1 aliphatic carbocycles. The highest BCUT2D eigenvalue weighted by Crippen LogP contribution is 2.31. The van der Waals surface area contributed by atoms with E-state index in [-0.39, 0.29) is 11.9 Å². The second-order valence-electron chi connectivity index (χ2n) is 9.58. The summed E-state index contributed by atoms with van der Waals surface area (Å²) in [6, 6.07) is 14.6. The largest absolute Gasteiger partial charge is 0.347 e. The molecular formula is C29H29N7O. The molecule has 3 heterocycles. The standard InChI is InChI=1S/C29H29N7O/c1-3-30-13-21-14-31-15-24(17(21)2)20-8-9-25-23(12-20)27(36-35-25)28-32-16-26(34-28)29(37)33-22-10-18-6-4-5-7-19(18)11-22/h4-9,12,14-16,22,30H,3,10-11,13H2,1-2H3,(H,32,34)(H,33,37)(H,35,36). The fourth-order valence-electron chi connectivity index (χ4n) is 5.14. The monoisotopic (exact) mass is 491 g/mol. The molecule has 37 heavy (non-hydrogen) atoms. The average molecular weight is 492 g/mol. The first-order valence-electron chi connectivity index (χ1n) is 12.7. The van der Waals surface area contributed by atoms with Crippen LogP contribution in [-0.2, 0) is 19.4 Å². The molecular weight excluding hydrogens is 462 g/mol. The van der Waals surface area contributed by atoms with E-state index in [0.717, 1.165) is 48.0 Å². The summed E-state index contributed by atoms with van der Waals surface area (Å²) in [5.74, 6) is 0.398. The predicted octanol–water partition coefficient (Wildman–Crippen LogP) is 4.33. The fourth-order valence-corrected chi connectivity index (χ4v) is 5.14. The summed E-state index contributed by atoms with van der Waals surface area (Å²) in [7, 11) is 0. The number of carbonyl (C=O) groups is 1. The summed E-state index contributed by atoms with van der Waals surface area (Å²) < 4.78 is 0. The van der Waals surface area contributed by atoms with E-state index in [4.69, 9.17) is 0 Å². The number of H-pyrrole nitrogens is 2. The lowest BCUT2D eigenvalue weighted by atomic mass is 9.98. The van der Waals surface area contributed by atoms with E-state index < -0.39 is 0 Å². The lowest BCUT2D eigenvalue weighted by Gasteiger charge is -2.11. The number of pyridine rings is 1. The second-order valence-corrected chi connectivity index (χ2v) is 9.58. The van der Waals surface area contributed by atoms with Gasteiger partial charge in [-0.1, -0.05) is 37.3 Å². The average Bonchev–Trinajstić information content (AvgIpc) is 3.65. The molecule has 5 aromatic rings. The third-order valence-electron chi connectivity index (χ3n) is 7.19. The summed E-state index contributed by atoms with van der Waals surface area (Å²) in [5.41, 5.74) is 9.13. The summed E-state index contributed by atoms with van der Waals surface area (Å²) in [6.07, 6.45) is 7.10. The molecule has 8 heteroatoms. The maximum atomic E-state index is 13.0. The molecule has 0 saturated heterocycles. The zero-order valence-corrected chi connectivity index (χ0v) is 20.9. The van der Waals surface area contributed by atoms with Gasteiger partial charge in [0.05, 0.1) is 11.7 Å². The van der Waals surface area contributed by atoms with Crippen molar-refractivity contribution in [3.63, 3.8) is 0 Å². The summed E-state index contributed by atoms with van der Waals surface area (Å²) in [6.45, 7) is 5.92. The Hall–Kier alpha value is -4.30. The second kappa shape index (κ2) is 9.63. The van der Waals surface area contributed by atoms with Gasteiger partial charge >= 0.3 is 0 Å². The molecule has 0 bridgehead atoms. The molecule has 4 N–H and O–H groups in total. The van der Waals surface area contributed by atoms with E-state index in [1.807, 2.05) is 30.6 Å². The molecule has 6 rings (SSSR count). The molecule has 0 fully saturated rings. The lowest BCUT2D eigenvalue weighted by molar-refractivity contribution is 0.0934. The minimum absolute atomic E-state index is 0.0885. The predicted molar refractivity (Wildman–Crippen MR) is 144 cm³/mol. The highest BCUT2D eigenvalue weighted by Gasteiger charge is 2.24. The van der Waals surface area contributed by atoms with E-state index in [1.165, 1.54) is 22.3 Å². The number of amides is 1. The van der Waals surface area contributed by atoms with Crippen LogP contribution < -0.4 is 10.6 Å². The number of benzene rings is 2. The van der Waals surface area contributed by atoms with Crippen LogP contribution in [0.15, 0.2) is 61.1 Å². The van der Waals surface area contributed by atoms with E-state index in [2.05, 4.69) is 73.9 Å². The van der Waals surface area contributed by atoms with Gasteiger partial charge < -0.3 is 15.6 Å². The van der Waals surface area contributed by atoms with Crippen molar-refractivity contribution >= 4 is 16.8 Å². The quantitative estimate of drug-likeness (QED) is 0.271. The van der Waals surface area contributed by atoms with Crippen LogP contribution in [0.2, 0.25) is 0 Å².